The summed E-state index contributed by atoms with van der Waals surface area (Å²) in [6.07, 6.45) is 1.89. The van der Waals surface area contributed by atoms with Crippen LogP contribution in [0.3, 0.4) is 0 Å². The SMILES string of the molecule is CCCNCC(=O)N1CCC(NC(C)=O)C1. The minimum atomic E-state index is -0.0246. The van der Waals surface area contributed by atoms with E-state index in [0.29, 0.717) is 13.1 Å². The van der Waals surface area contributed by atoms with Gasteiger partial charge in [-0.2, -0.15) is 0 Å². The Morgan fingerprint density at radius 1 is 1.44 bits per heavy atom. The predicted molar refractivity (Wildman–Crippen MR) is 62.0 cm³/mol. The van der Waals surface area contributed by atoms with Crippen LogP contribution in [0.1, 0.15) is 26.7 Å². The fourth-order valence-corrected chi connectivity index (χ4v) is 1.88. The second-order valence-corrected chi connectivity index (χ2v) is 4.20. The van der Waals surface area contributed by atoms with Crippen molar-refractivity contribution in [1.82, 2.24) is 15.5 Å². The molecule has 0 aromatic heterocycles. The summed E-state index contributed by atoms with van der Waals surface area (Å²) in [5.41, 5.74) is 0. The quantitative estimate of drug-likeness (QED) is 0.635. The number of likely N-dealkylation sites (tertiary alicyclic amines) is 1. The lowest BCUT2D eigenvalue weighted by Gasteiger charge is -2.17. The Morgan fingerprint density at radius 3 is 2.81 bits per heavy atom. The number of carbonyl (C=O) groups excluding carboxylic acids is 2. The third-order valence-electron chi connectivity index (χ3n) is 2.65. The van der Waals surface area contributed by atoms with Gasteiger partial charge in [0.25, 0.3) is 0 Å². The second-order valence-electron chi connectivity index (χ2n) is 4.20. The molecule has 5 heteroatoms. The van der Waals surface area contributed by atoms with E-state index in [1.165, 1.54) is 6.92 Å². The van der Waals surface area contributed by atoms with Crippen molar-refractivity contribution in [2.45, 2.75) is 32.7 Å². The lowest BCUT2D eigenvalue weighted by atomic mass is 10.3. The molecule has 0 aromatic carbocycles. The van der Waals surface area contributed by atoms with Crippen LogP contribution in [0.2, 0.25) is 0 Å². The van der Waals surface area contributed by atoms with E-state index in [2.05, 4.69) is 17.6 Å². The highest BCUT2D eigenvalue weighted by molar-refractivity contribution is 5.79. The fourth-order valence-electron chi connectivity index (χ4n) is 1.88. The lowest BCUT2D eigenvalue weighted by Crippen LogP contribution is -2.40. The van der Waals surface area contributed by atoms with Gasteiger partial charge < -0.3 is 15.5 Å². The zero-order valence-corrected chi connectivity index (χ0v) is 10.1. The van der Waals surface area contributed by atoms with Crippen LogP contribution in [-0.2, 0) is 9.59 Å². The standard InChI is InChI=1S/C11H21N3O2/c1-3-5-12-7-11(16)14-6-4-10(8-14)13-9(2)15/h10,12H,3-8H2,1-2H3,(H,13,15). The van der Waals surface area contributed by atoms with Crippen LogP contribution in [0.4, 0.5) is 0 Å². The Kier molecular flexibility index (Phi) is 5.25. The molecule has 2 N–H and O–H groups in total. The van der Waals surface area contributed by atoms with E-state index in [1.807, 2.05) is 4.90 Å². The van der Waals surface area contributed by atoms with Crippen molar-refractivity contribution in [3.63, 3.8) is 0 Å². The molecule has 92 valence electrons. The fraction of sp³-hybridized carbons (Fsp3) is 0.818. The van der Waals surface area contributed by atoms with E-state index in [-0.39, 0.29) is 17.9 Å². The van der Waals surface area contributed by atoms with Crippen molar-refractivity contribution in [3.8, 4) is 0 Å². The van der Waals surface area contributed by atoms with E-state index < -0.39 is 0 Å². The highest BCUT2D eigenvalue weighted by Crippen LogP contribution is 2.08. The van der Waals surface area contributed by atoms with Crippen molar-refractivity contribution < 1.29 is 9.59 Å². The maximum absolute atomic E-state index is 11.7. The molecule has 1 aliphatic heterocycles. The molecule has 0 spiro atoms. The number of amides is 2. The van der Waals surface area contributed by atoms with Crippen LogP contribution in [-0.4, -0.2) is 48.9 Å². The topological polar surface area (TPSA) is 61.4 Å². The third kappa shape index (κ3) is 4.18. The van der Waals surface area contributed by atoms with Crippen LogP contribution in [0.25, 0.3) is 0 Å². The van der Waals surface area contributed by atoms with Gasteiger partial charge in [0, 0.05) is 26.1 Å². The first-order valence-corrected chi connectivity index (χ1v) is 5.89. The Hall–Kier alpha value is -1.10. The van der Waals surface area contributed by atoms with Crippen molar-refractivity contribution in [1.29, 1.82) is 0 Å². The van der Waals surface area contributed by atoms with Crippen molar-refractivity contribution >= 4 is 11.8 Å². The smallest absolute Gasteiger partial charge is 0.236 e. The first kappa shape index (κ1) is 13.0. The molecule has 5 nitrogen and oxygen atoms in total. The van der Waals surface area contributed by atoms with E-state index >= 15 is 0 Å². The van der Waals surface area contributed by atoms with E-state index in [4.69, 9.17) is 0 Å². The van der Waals surface area contributed by atoms with Gasteiger partial charge in [0.1, 0.15) is 0 Å². The number of hydrogen-bond acceptors (Lipinski definition) is 3. The number of carbonyl (C=O) groups is 2. The van der Waals surface area contributed by atoms with Crippen molar-refractivity contribution in [2.75, 3.05) is 26.2 Å². The van der Waals surface area contributed by atoms with Gasteiger partial charge in [-0.15, -0.1) is 0 Å². The summed E-state index contributed by atoms with van der Waals surface area (Å²) >= 11 is 0. The average Bonchev–Trinajstić information content (AvgIpc) is 2.65. The third-order valence-corrected chi connectivity index (χ3v) is 2.65. The molecule has 0 aliphatic carbocycles. The number of hydrogen-bond donors (Lipinski definition) is 2. The van der Waals surface area contributed by atoms with Crippen molar-refractivity contribution in [2.24, 2.45) is 0 Å². The molecular formula is C11H21N3O2. The number of rotatable bonds is 5. The Morgan fingerprint density at radius 2 is 2.19 bits per heavy atom. The molecule has 1 unspecified atom stereocenters. The Bertz CT molecular complexity index is 256. The molecule has 16 heavy (non-hydrogen) atoms. The zero-order chi connectivity index (χ0) is 12.0. The average molecular weight is 227 g/mol. The van der Waals surface area contributed by atoms with Crippen LogP contribution in [0.5, 0.6) is 0 Å². The predicted octanol–water partition coefficient (Wildman–Crippen LogP) is -0.277. The summed E-state index contributed by atoms with van der Waals surface area (Å²) in [5, 5.41) is 5.93. The molecule has 1 atom stereocenters. The van der Waals surface area contributed by atoms with Gasteiger partial charge in [0.05, 0.1) is 6.54 Å². The molecule has 2 amide bonds. The zero-order valence-electron chi connectivity index (χ0n) is 10.1. The monoisotopic (exact) mass is 227 g/mol. The highest BCUT2D eigenvalue weighted by Gasteiger charge is 2.25. The number of nitrogens with zero attached hydrogens (tertiary/aromatic N) is 1. The van der Waals surface area contributed by atoms with E-state index in [0.717, 1.165) is 25.9 Å². The van der Waals surface area contributed by atoms with Crippen LogP contribution in [0.15, 0.2) is 0 Å². The van der Waals surface area contributed by atoms with E-state index in [9.17, 15) is 9.59 Å². The summed E-state index contributed by atoms with van der Waals surface area (Å²) in [5.74, 6) is 0.102. The molecule has 1 aliphatic rings. The summed E-state index contributed by atoms with van der Waals surface area (Å²) in [7, 11) is 0. The van der Waals surface area contributed by atoms with Crippen LogP contribution in [0, 0.1) is 0 Å². The summed E-state index contributed by atoms with van der Waals surface area (Å²) < 4.78 is 0. The molecule has 1 heterocycles. The Balaban J connectivity index is 2.24. The van der Waals surface area contributed by atoms with E-state index in [1.54, 1.807) is 0 Å². The molecule has 1 rings (SSSR count). The largest absolute Gasteiger partial charge is 0.352 e. The van der Waals surface area contributed by atoms with Crippen LogP contribution < -0.4 is 10.6 Å². The van der Waals surface area contributed by atoms with Gasteiger partial charge >= 0.3 is 0 Å². The second kappa shape index (κ2) is 6.48. The van der Waals surface area contributed by atoms with Gasteiger partial charge in [-0.25, -0.2) is 0 Å². The molecule has 0 aromatic rings. The summed E-state index contributed by atoms with van der Waals surface area (Å²) in [6, 6.07) is 0.132. The first-order chi connectivity index (χ1) is 7.63. The molecule has 1 fully saturated rings. The van der Waals surface area contributed by atoms with Gasteiger partial charge in [0.2, 0.25) is 11.8 Å². The van der Waals surface area contributed by atoms with Gasteiger partial charge in [0.15, 0.2) is 0 Å². The normalized spacial score (nSPS) is 19.9. The minimum absolute atomic E-state index is 0.0246. The van der Waals surface area contributed by atoms with Crippen LogP contribution >= 0.6 is 0 Å². The van der Waals surface area contributed by atoms with Gasteiger partial charge in [-0.1, -0.05) is 6.92 Å². The molecule has 0 radical (unpaired) electrons. The van der Waals surface area contributed by atoms with Gasteiger partial charge in [-0.3, -0.25) is 9.59 Å². The highest BCUT2D eigenvalue weighted by atomic mass is 16.2. The molecular weight excluding hydrogens is 206 g/mol. The maximum Gasteiger partial charge on any atom is 0.236 e. The molecule has 0 saturated carbocycles. The molecule has 1 saturated heterocycles. The van der Waals surface area contributed by atoms with Crippen molar-refractivity contribution in [3.05, 3.63) is 0 Å². The lowest BCUT2D eigenvalue weighted by molar-refractivity contribution is -0.129. The number of nitrogens with one attached hydrogen (secondary N) is 2. The minimum Gasteiger partial charge on any atom is -0.352 e. The molecule has 0 bridgehead atoms. The summed E-state index contributed by atoms with van der Waals surface area (Å²) in [6.45, 7) is 6.24. The summed E-state index contributed by atoms with van der Waals surface area (Å²) in [4.78, 5) is 24.4. The Labute approximate surface area is 96.6 Å². The van der Waals surface area contributed by atoms with Gasteiger partial charge in [-0.05, 0) is 19.4 Å². The maximum atomic E-state index is 11.7. The first-order valence-electron chi connectivity index (χ1n) is 5.89.